The van der Waals surface area contributed by atoms with E-state index >= 15 is 0 Å². The van der Waals surface area contributed by atoms with E-state index in [1.165, 1.54) is 17.1 Å². The first-order chi connectivity index (χ1) is 9.18. The average molecular weight is 299 g/mol. The van der Waals surface area contributed by atoms with Crippen molar-refractivity contribution in [3.8, 4) is 0 Å². The lowest BCUT2D eigenvalue weighted by molar-refractivity contribution is 0.311. The molecule has 6 heteroatoms. The summed E-state index contributed by atoms with van der Waals surface area (Å²) in [5.74, 6) is 0. The van der Waals surface area contributed by atoms with E-state index in [2.05, 4.69) is 10.3 Å². The van der Waals surface area contributed by atoms with Gasteiger partial charge in [0.05, 0.1) is 4.90 Å². The molecule has 0 unspecified atom stereocenters. The third kappa shape index (κ3) is 4.07. The fourth-order valence-electron chi connectivity index (χ4n) is 2.14. The van der Waals surface area contributed by atoms with Crippen molar-refractivity contribution in [2.24, 2.45) is 5.41 Å². The Kier molecular flexibility index (Phi) is 4.27. The zero-order valence-corrected chi connectivity index (χ0v) is 13.5. The first kappa shape index (κ1) is 15.5. The smallest absolute Gasteiger partial charge is 0.244 e. The van der Waals surface area contributed by atoms with E-state index in [-0.39, 0.29) is 5.41 Å². The van der Waals surface area contributed by atoms with Crippen molar-refractivity contribution in [3.63, 3.8) is 0 Å². The quantitative estimate of drug-likeness (QED) is 0.843. The van der Waals surface area contributed by atoms with E-state index in [1.807, 2.05) is 20.8 Å². The maximum absolute atomic E-state index is 12.5. The second kappa shape index (κ2) is 5.50. The van der Waals surface area contributed by atoms with Gasteiger partial charge in [-0.25, -0.2) is 12.7 Å². The molecule has 20 heavy (non-hydrogen) atoms. The van der Waals surface area contributed by atoms with Crippen LogP contribution >= 0.6 is 0 Å². The molecule has 0 aromatic carbocycles. The fraction of sp³-hybridized carbons (Fsp3) is 0.714. The van der Waals surface area contributed by atoms with E-state index in [9.17, 15) is 8.42 Å². The summed E-state index contributed by atoms with van der Waals surface area (Å²) in [6.07, 6.45) is 4.03. The molecular formula is C14H25N3O2S. The van der Waals surface area contributed by atoms with Crippen LogP contribution in [0.4, 0.5) is 0 Å². The summed E-state index contributed by atoms with van der Waals surface area (Å²) in [5, 5.41) is 3.37. The van der Waals surface area contributed by atoms with Crippen molar-refractivity contribution >= 4 is 10.0 Å². The van der Waals surface area contributed by atoms with E-state index in [0.29, 0.717) is 24.0 Å². The highest BCUT2D eigenvalue weighted by Crippen LogP contribution is 2.22. The predicted molar refractivity (Wildman–Crippen MR) is 79.9 cm³/mol. The van der Waals surface area contributed by atoms with Crippen LogP contribution in [-0.4, -0.2) is 37.3 Å². The summed E-state index contributed by atoms with van der Waals surface area (Å²) in [6, 6.07) is 2.34. The number of aromatic amines is 1. The molecule has 1 aliphatic carbocycles. The highest BCUT2D eigenvalue weighted by Gasteiger charge is 2.26. The molecule has 1 aromatic heterocycles. The van der Waals surface area contributed by atoms with Crippen molar-refractivity contribution in [1.82, 2.24) is 14.6 Å². The van der Waals surface area contributed by atoms with Gasteiger partial charge in [-0.2, -0.15) is 0 Å². The van der Waals surface area contributed by atoms with Crippen LogP contribution in [0.5, 0.6) is 0 Å². The number of aromatic nitrogens is 1. The minimum Gasteiger partial charge on any atom is -0.363 e. The van der Waals surface area contributed by atoms with Gasteiger partial charge in [0.1, 0.15) is 0 Å². The van der Waals surface area contributed by atoms with Gasteiger partial charge < -0.3 is 10.3 Å². The van der Waals surface area contributed by atoms with Crippen LogP contribution in [0, 0.1) is 5.41 Å². The number of sulfonamides is 1. The van der Waals surface area contributed by atoms with Gasteiger partial charge in [0.15, 0.2) is 0 Å². The molecule has 2 N–H and O–H groups in total. The number of nitrogens with one attached hydrogen (secondary N) is 2. The number of H-pyrrole nitrogens is 1. The standard InChI is InChI=1S/C14H25N3O2S/c1-14(2,3)10-17(4)20(18,19)13-7-12(16-9-13)8-15-11-5-6-11/h7,9,11,15-16H,5-6,8,10H2,1-4H3. The number of nitrogens with zero attached hydrogens (tertiary/aromatic N) is 1. The molecule has 5 nitrogen and oxygen atoms in total. The third-order valence-corrected chi connectivity index (χ3v) is 5.06. The first-order valence-electron chi connectivity index (χ1n) is 7.05. The molecule has 1 fully saturated rings. The Morgan fingerprint density at radius 1 is 1.40 bits per heavy atom. The Labute approximate surface area is 121 Å². The van der Waals surface area contributed by atoms with Crippen molar-refractivity contribution < 1.29 is 8.42 Å². The van der Waals surface area contributed by atoms with Crippen LogP contribution in [-0.2, 0) is 16.6 Å². The minimum atomic E-state index is -3.40. The maximum Gasteiger partial charge on any atom is 0.244 e. The predicted octanol–water partition coefficient (Wildman–Crippen LogP) is 1.93. The largest absolute Gasteiger partial charge is 0.363 e. The van der Waals surface area contributed by atoms with E-state index in [0.717, 1.165) is 5.69 Å². The molecule has 2 rings (SSSR count). The number of hydrogen-bond acceptors (Lipinski definition) is 3. The van der Waals surface area contributed by atoms with Crippen molar-refractivity contribution in [2.45, 2.75) is 51.1 Å². The van der Waals surface area contributed by atoms with Crippen LogP contribution in [0.25, 0.3) is 0 Å². The maximum atomic E-state index is 12.5. The van der Waals surface area contributed by atoms with Crippen molar-refractivity contribution in [2.75, 3.05) is 13.6 Å². The Morgan fingerprint density at radius 2 is 2.05 bits per heavy atom. The molecule has 0 radical (unpaired) electrons. The first-order valence-corrected chi connectivity index (χ1v) is 8.49. The molecule has 1 aromatic rings. The van der Waals surface area contributed by atoms with Crippen LogP contribution < -0.4 is 5.32 Å². The molecule has 1 heterocycles. The van der Waals surface area contributed by atoms with Crippen LogP contribution in [0.2, 0.25) is 0 Å². The van der Waals surface area contributed by atoms with Gasteiger partial charge in [0.2, 0.25) is 10.0 Å². The Balaban J connectivity index is 2.04. The molecular weight excluding hydrogens is 274 g/mol. The van der Waals surface area contributed by atoms with Crippen LogP contribution in [0.15, 0.2) is 17.2 Å². The van der Waals surface area contributed by atoms with Crippen molar-refractivity contribution in [1.29, 1.82) is 0 Å². The molecule has 0 atom stereocenters. The van der Waals surface area contributed by atoms with E-state index < -0.39 is 10.0 Å². The summed E-state index contributed by atoms with van der Waals surface area (Å²) in [4.78, 5) is 3.39. The Hall–Kier alpha value is -0.850. The SMILES string of the molecule is CN(CC(C)(C)C)S(=O)(=O)c1c[nH]c(CNC2CC2)c1. The summed E-state index contributed by atoms with van der Waals surface area (Å²) >= 11 is 0. The highest BCUT2D eigenvalue weighted by molar-refractivity contribution is 7.89. The van der Waals surface area contributed by atoms with Crippen molar-refractivity contribution in [3.05, 3.63) is 18.0 Å². The molecule has 1 saturated carbocycles. The fourth-order valence-corrected chi connectivity index (χ4v) is 3.56. The van der Waals surface area contributed by atoms with Gasteiger partial charge in [-0.15, -0.1) is 0 Å². The second-order valence-electron chi connectivity index (χ2n) is 6.84. The topological polar surface area (TPSA) is 65.2 Å². The van der Waals surface area contributed by atoms with Gasteiger partial charge in [-0.05, 0) is 24.3 Å². The van der Waals surface area contributed by atoms with E-state index in [4.69, 9.17) is 0 Å². The molecule has 114 valence electrons. The molecule has 0 aliphatic heterocycles. The van der Waals surface area contributed by atoms with Gasteiger partial charge >= 0.3 is 0 Å². The van der Waals surface area contributed by atoms with Gasteiger partial charge in [0, 0.05) is 38.1 Å². The van der Waals surface area contributed by atoms with Gasteiger partial charge in [-0.1, -0.05) is 20.8 Å². The van der Waals surface area contributed by atoms with E-state index in [1.54, 1.807) is 19.3 Å². The zero-order valence-electron chi connectivity index (χ0n) is 12.7. The normalized spacial score (nSPS) is 16.9. The molecule has 0 spiro atoms. The number of hydrogen-bond donors (Lipinski definition) is 2. The Bertz CT molecular complexity index is 553. The lowest BCUT2D eigenvalue weighted by Gasteiger charge is -2.25. The zero-order chi connectivity index (χ0) is 15.0. The van der Waals surface area contributed by atoms with Crippen LogP contribution in [0.1, 0.15) is 39.3 Å². The van der Waals surface area contributed by atoms with Gasteiger partial charge in [0.25, 0.3) is 0 Å². The molecule has 0 saturated heterocycles. The molecule has 0 amide bonds. The highest BCUT2D eigenvalue weighted by atomic mass is 32.2. The summed E-state index contributed by atoms with van der Waals surface area (Å²) in [7, 11) is -1.77. The summed E-state index contributed by atoms with van der Waals surface area (Å²) < 4.78 is 26.3. The lowest BCUT2D eigenvalue weighted by Crippen LogP contribution is -2.34. The molecule has 0 bridgehead atoms. The summed E-state index contributed by atoms with van der Waals surface area (Å²) in [6.45, 7) is 7.28. The lowest BCUT2D eigenvalue weighted by atomic mass is 9.97. The Morgan fingerprint density at radius 3 is 2.60 bits per heavy atom. The van der Waals surface area contributed by atoms with Gasteiger partial charge in [-0.3, -0.25) is 0 Å². The minimum absolute atomic E-state index is 0.0610. The monoisotopic (exact) mass is 299 g/mol. The third-order valence-electron chi connectivity index (χ3n) is 3.28. The van der Waals surface area contributed by atoms with Crippen LogP contribution in [0.3, 0.4) is 0 Å². The number of rotatable bonds is 6. The molecule has 1 aliphatic rings. The average Bonchev–Trinajstić information content (AvgIpc) is 3.01. The summed E-state index contributed by atoms with van der Waals surface area (Å²) in [5.41, 5.74) is 0.855. The second-order valence-corrected chi connectivity index (χ2v) is 8.88.